The first-order valence-corrected chi connectivity index (χ1v) is 10.4. The van der Waals surface area contributed by atoms with Crippen LogP contribution in [0.3, 0.4) is 0 Å². The molecule has 9 nitrogen and oxygen atoms in total. The molecule has 4 rings (SSSR count). The number of cyclic esters (lactones) is 1. The van der Waals surface area contributed by atoms with Crippen LogP contribution >= 0.6 is 0 Å². The first-order valence-electron chi connectivity index (χ1n) is 10.4. The van der Waals surface area contributed by atoms with Crippen LogP contribution in [0.1, 0.15) is 49.5 Å². The highest BCUT2D eigenvalue weighted by Crippen LogP contribution is 2.43. The number of carbonyl (C=O) groups is 2. The van der Waals surface area contributed by atoms with E-state index in [1.54, 1.807) is 23.1 Å². The highest BCUT2D eigenvalue weighted by molar-refractivity contribution is 5.93. The van der Waals surface area contributed by atoms with Crippen molar-refractivity contribution in [3.05, 3.63) is 23.9 Å². The van der Waals surface area contributed by atoms with E-state index in [0.29, 0.717) is 37.3 Å². The van der Waals surface area contributed by atoms with Gasteiger partial charge in [0.15, 0.2) is 5.65 Å². The Morgan fingerprint density at radius 1 is 1.34 bits per heavy atom. The Morgan fingerprint density at radius 2 is 2.14 bits per heavy atom. The highest BCUT2D eigenvalue weighted by atomic mass is 16.6. The van der Waals surface area contributed by atoms with Gasteiger partial charge in [0, 0.05) is 26.1 Å². The predicted molar refractivity (Wildman–Crippen MR) is 105 cm³/mol. The van der Waals surface area contributed by atoms with Gasteiger partial charge in [-0.2, -0.15) is 4.52 Å². The van der Waals surface area contributed by atoms with Gasteiger partial charge in [-0.15, -0.1) is 5.10 Å². The van der Waals surface area contributed by atoms with Crippen LogP contribution in [0.4, 0.5) is 0 Å². The molecule has 0 radical (unpaired) electrons. The smallest absolute Gasteiger partial charge is 0.312 e. The van der Waals surface area contributed by atoms with Crippen molar-refractivity contribution >= 4 is 17.5 Å². The van der Waals surface area contributed by atoms with Gasteiger partial charge in [-0.05, 0) is 55.4 Å². The summed E-state index contributed by atoms with van der Waals surface area (Å²) in [7, 11) is 2.08. The Balaban J connectivity index is 1.38. The normalized spacial score (nSPS) is 21.3. The third-order valence-electron chi connectivity index (χ3n) is 6.18. The summed E-state index contributed by atoms with van der Waals surface area (Å²) in [5.74, 6) is -0.207. The molecule has 2 aliphatic rings. The molecule has 156 valence electrons. The van der Waals surface area contributed by atoms with Gasteiger partial charge < -0.3 is 14.5 Å². The maximum Gasteiger partial charge on any atom is 0.312 e. The number of nitrogens with zero attached hydrogens (tertiary/aromatic N) is 6. The summed E-state index contributed by atoms with van der Waals surface area (Å²) in [6, 6.07) is 5.26. The predicted octanol–water partition coefficient (Wildman–Crippen LogP) is 1.39. The van der Waals surface area contributed by atoms with Crippen LogP contribution in [0.15, 0.2) is 18.2 Å². The number of rotatable bonds is 6. The molecule has 9 heteroatoms. The first-order chi connectivity index (χ1) is 14.0. The lowest BCUT2D eigenvalue weighted by molar-refractivity contribution is -0.150. The fourth-order valence-corrected chi connectivity index (χ4v) is 4.44. The Hall–Kier alpha value is -2.55. The molecule has 0 saturated carbocycles. The van der Waals surface area contributed by atoms with Crippen molar-refractivity contribution in [2.45, 2.75) is 45.1 Å². The number of likely N-dealkylation sites (tertiary alicyclic amines) is 1. The summed E-state index contributed by atoms with van der Waals surface area (Å²) in [5, 5.41) is 11.4. The van der Waals surface area contributed by atoms with Crippen molar-refractivity contribution in [1.82, 2.24) is 29.8 Å². The van der Waals surface area contributed by atoms with E-state index in [4.69, 9.17) is 4.74 Å². The van der Waals surface area contributed by atoms with Crippen LogP contribution in [-0.2, 0) is 9.53 Å². The van der Waals surface area contributed by atoms with E-state index in [1.165, 1.54) is 4.52 Å². The largest absolute Gasteiger partial charge is 0.461 e. The lowest BCUT2D eigenvalue weighted by atomic mass is 9.76. The third kappa shape index (κ3) is 3.83. The second-order valence-corrected chi connectivity index (χ2v) is 8.28. The minimum atomic E-state index is -0.451. The van der Waals surface area contributed by atoms with E-state index in [2.05, 4.69) is 34.4 Å². The molecule has 1 unspecified atom stereocenters. The van der Waals surface area contributed by atoms with Gasteiger partial charge in [-0.3, -0.25) is 9.59 Å². The number of unbranched alkanes of at least 4 members (excludes halogenated alkanes) is 1. The SMILES string of the molecule is CCCCN(C)CC1CC2(CCN(C(=O)c3cccc4nnnn34)CC2)C(=O)O1. The number of ether oxygens (including phenoxy) is 1. The number of esters is 1. The number of amides is 1. The molecule has 0 N–H and O–H groups in total. The molecule has 2 aromatic heterocycles. The molecule has 2 aromatic rings. The minimum Gasteiger partial charge on any atom is -0.461 e. The summed E-state index contributed by atoms with van der Waals surface area (Å²) in [6.07, 6.45) is 4.26. The van der Waals surface area contributed by atoms with E-state index in [0.717, 1.165) is 32.4 Å². The number of piperidine rings is 1. The summed E-state index contributed by atoms with van der Waals surface area (Å²) < 4.78 is 7.18. The third-order valence-corrected chi connectivity index (χ3v) is 6.18. The van der Waals surface area contributed by atoms with Gasteiger partial charge in [-0.25, -0.2) is 0 Å². The van der Waals surface area contributed by atoms with Crippen molar-refractivity contribution in [1.29, 1.82) is 0 Å². The van der Waals surface area contributed by atoms with E-state index < -0.39 is 5.41 Å². The van der Waals surface area contributed by atoms with Crippen LogP contribution in [0.2, 0.25) is 0 Å². The number of likely N-dealkylation sites (N-methyl/N-ethyl adjacent to an activating group) is 1. The zero-order valence-electron chi connectivity index (χ0n) is 17.1. The molecule has 2 aliphatic heterocycles. The van der Waals surface area contributed by atoms with Gasteiger partial charge in [-0.1, -0.05) is 19.4 Å². The molecule has 1 spiro atoms. The van der Waals surface area contributed by atoms with Gasteiger partial charge in [0.05, 0.1) is 5.41 Å². The highest BCUT2D eigenvalue weighted by Gasteiger charge is 2.51. The Bertz CT molecular complexity index is 889. The minimum absolute atomic E-state index is 0.0541. The fourth-order valence-electron chi connectivity index (χ4n) is 4.44. The summed E-state index contributed by atoms with van der Waals surface area (Å²) in [4.78, 5) is 29.7. The number of carbonyl (C=O) groups excluding carboxylic acids is 2. The summed E-state index contributed by atoms with van der Waals surface area (Å²) in [6.45, 7) is 5.03. The summed E-state index contributed by atoms with van der Waals surface area (Å²) in [5.41, 5.74) is 0.528. The molecule has 1 amide bonds. The fraction of sp³-hybridized carbons (Fsp3) is 0.650. The molecule has 0 bridgehead atoms. The quantitative estimate of drug-likeness (QED) is 0.677. The van der Waals surface area contributed by atoms with Crippen LogP contribution in [0.25, 0.3) is 5.65 Å². The zero-order chi connectivity index (χ0) is 20.4. The van der Waals surface area contributed by atoms with Gasteiger partial charge in [0.1, 0.15) is 11.8 Å². The van der Waals surface area contributed by atoms with E-state index >= 15 is 0 Å². The van der Waals surface area contributed by atoms with Crippen molar-refractivity contribution in [2.75, 3.05) is 33.2 Å². The number of fused-ring (bicyclic) bond motifs is 1. The average molecular weight is 400 g/mol. The standard InChI is InChI=1S/C20H28N6O3/c1-3-4-10-24(2)14-15-13-20(19(28)29-15)8-11-25(12-9-20)18(27)16-6-5-7-17-21-22-23-26(16)17/h5-7,15H,3-4,8-14H2,1-2H3. The summed E-state index contributed by atoms with van der Waals surface area (Å²) >= 11 is 0. The van der Waals surface area contributed by atoms with Gasteiger partial charge in [0.25, 0.3) is 5.91 Å². The van der Waals surface area contributed by atoms with Crippen molar-refractivity contribution in [2.24, 2.45) is 5.41 Å². The zero-order valence-corrected chi connectivity index (χ0v) is 17.1. The maximum atomic E-state index is 13.0. The second kappa shape index (κ2) is 8.06. The number of hydrogen-bond acceptors (Lipinski definition) is 7. The average Bonchev–Trinajstić information content (AvgIpc) is 3.31. The number of pyridine rings is 1. The molecular formula is C20H28N6O3. The van der Waals surface area contributed by atoms with E-state index in [9.17, 15) is 9.59 Å². The first kappa shape index (κ1) is 19.8. The van der Waals surface area contributed by atoms with Crippen LogP contribution in [-0.4, -0.2) is 81.0 Å². The molecule has 2 fully saturated rings. The molecule has 2 saturated heterocycles. The van der Waals surface area contributed by atoms with E-state index in [1.807, 2.05) is 0 Å². The van der Waals surface area contributed by atoms with Crippen molar-refractivity contribution in [3.63, 3.8) is 0 Å². The van der Waals surface area contributed by atoms with Crippen LogP contribution < -0.4 is 0 Å². The Kier molecular flexibility index (Phi) is 5.49. The molecule has 29 heavy (non-hydrogen) atoms. The molecular weight excluding hydrogens is 372 g/mol. The maximum absolute atomic E-state index is 13.0. The monoisotopic (exact) mass is 400 g/mol. The van der Waals surface area contributed by atoms with Gasteiger partial charge >= 0.3 is 5.97 Å². The van der Waals surface area contributed by atoms with E-state index in [-0.39, 0.29) is 18.0 Å². The Labute approximate surface area is 170 Å². The number of aromatic nitrogens is 4. The molecule has 0 aliphatic carbocycles. The molecule has 4 heterocycles. The van der Waals surface area contributed by atoms with Gasteiger partial charge in [0.2, 0.25) is 0 Å². The Morgan fingerprint density at radius 3 is 2.90 bits per heavy atom. The lowest BCUT2D eigenvalue weighted by Crippen LogP contribution is -2.45. The lowest BCUT2D eigenvalue weighted by Gasteiger charge is -2.36. The number of hydrogen-bond donors (Lipinski definition) is 0. The molecule has 1 atom stereocenters. The van der Waals surface area contributed by atoms with Crippen molar-refractivity contribution < 1.29 is 14.3 Å². The van der Waals surface area contributed by atoms with Crippen LogP contribution in [0, 0.1) is 5.41 Å². The van der Waals surface area contributed by atoms with Crippen LogP contribution in [0.5, 0.6) is 0 Å². The second-order valence-electron chi connectivity index (χ2n) is 8.28. The topological polar surface area (TPSA) is 92.9 Å². The van der Waals surface area contributed by atoms with Crippen molar-refractivity contribution in [3.8, 4) is 0 Å². The molecule has 0 aromatic carbocycles. The number of tetrazole rings is 1.